The van der Waals surface area contributed by atoms with E-state index in [1.165, 1.54) is 60.7 Å². The van der Waals surface area contributed by atoms with Crippen molar-refractivity contribution >= 4 is 41.7 Å². The van der Waals surface area contributed by atoms with Gasteiger partial charge in [-0.3, -0.25) is 35.1 Å². The first-order valence-corrected chi connectivity index (χ1v) is 13.9. The second kappa shape index (κ2) is 9.77. The summed E-state index contributed by atoms with van der Waals surface area (Å²) in [6.07, 6.45) is 0. The maximum atomic E-state index is 13.8. The molecule has 10 nitrogen and oxygen atoms in total. The maximum Gasteiger partial charge on any atom is 0.269 e. The molecule has 0 aromatic heterocycles. The van der Waals surface area contributed by atoms with Gasteiger partial charge in [0.1, 0.15) is 0 Å². The van der Waals surface area contributed by atoms with Gasteiger partial charge in [-0.05, 0) is 52.7 Å². The third-order valence-corrected chi connectivity index (χ3v) is 7.34. The number of carbonyl (C=O) groups excluding carboxylic acids is 1. The predicted molar refractivity (Wildman–Crippen MR) is 134 cm³/mol. The molecule has 0 saturated carbocycles. The van der Waals surface area contributed by atoms with E-state index < -0.39 is 28.6 Å². The zero-order valence-electron chi connectivity index (χ0n) is 19.1. The van der Waals surface area contributed by atoms with Crippen LogP contribution in [0, 0.1) is 30.3 Å². The molecule has 0 unspecified atom stereocenters. The Labute approximate surface area is 201 Å². The number of nitrogens with zero attached hydrogens (tertiary/aromatic N) is 3. The molecule has 35 heavy (non-hydrogen) atoms. The Morgan fingerprint density at radius 1 is 0.571 bits per heavy atom. The molecule has 0 amide bonds. The highest BCUT2D eigenvalue weighted by Crippen LogP contribution is 2.37. The fourth-order valence-electron chi connectivity index (χ4n) is 3.72. The van der Waals surface area contributed by atoms with Gasteiger partial charge in [-0.1, -0.05) is 19.6 Å². The van der Waals surface area contributed by atoms with Gasteiger partial charge in [-0.25, -0.2) is 0 Å². The number of Topliss-reactive ketones (excluding diaryl/α,β-unsaturated/α-hetero) is 1. The normalized spacial score (nSPS) is 12.0. The van der Waals surface area contributed by atoms with E-state index >= 15 is 0 Å². The molecule has 0 saturated heterocycles. The minimum atomic E-state index is -2.33. The van der Waals surface area contributed by atoms with Gasteiger partial charge in [0.15, 0.2) is 5.78 Å². The summed E-state index contributed by atoms with van der Waals surface area (Å²) in [6.45, 7) is 6.04. The summed E-state index contributed by atoms with van der Waals surface area (Å²) in [4.78, 5) is 45.5. The standard InChI is InChI=1S/C24H21N3O7Si/c1-35(2,3)24(18-8-14-21(15-9-18)27(33)34)22(16-4-10-19(11-5-16)25(29)30)23(28)17-6-12-20(13-7-17)26(31)32/h4-15H,1-3H3/b24-22+. The number of non-ortho nitro benzene ring substituents is 3. The molecule has 0 aliphatic rings. The Morgan fingerprint density at radius 2 is 0.886 bits per heavy atom. The number of nitro groups is 3. The van der Waals surface area contributed by atoms with E-state index in [1.807, 2.05) is 19.6 Å². The zero-order chi connectivity index (χ0) is 25.9. The van der Waals surface area contributed by atoms with Crippen molar-refractivity contribution in [3.05, 3.63) is 120 Å². The van der Waals surface area contributed by atoms with Crippen LogP contribution in [0.2, 0.25) is 19.6 Å². The fourth-order valence-corrected chi connectivity index (χ4v) is 5.76. The van der Waals surface area contributed by atoms with E-state index in [1.54, 1.807) is 12.1 Å². The molecule has 3 aromatic rings. The lowest BCUT2D eigenvalue weighted by atomic mass is 9.94. The molecule has 0 bridgehead atoms. The Balaban J connectivity index is 2.31. The van der Waals surface area contributed by atoms with E-state index in [0.29, 0.717) is 21.9 Å². The van der Waals surface area contributed by atoms with Gasteiger partial charge < -0.3 is 0 Å². The van der Waals surface area contributed by atoms with Crippen LogP contribution >= 0.6 is 0 Å². The van der Waals surface area contributed by atoms with Crippen LogP contribution in [0.3, 0.4) is 0 Å². The molecular formula is C24H21N3O7Si. The van der Waals surface area contributed by atoms with Crippen molar-refractivity contribution < 1.29 is 19.6 Å². The van der Waals surface area contributed by atoms with Crippen molar-refractivity contribution in [2.75, 3.05) is 0 Å². The summed E-state index contributed by atoms with van der Waals surface area (Å²) >= 11 is 0. The topological polar surface area (TPSA) is 146 Å². The molecule has 0 aliphatic heterocycles. The summed E-state index contributed by atoms with van der Waals surface area (Å²) < 4.78 is 0. The first-order chi connectivity index (χ1) is 16.4. The predicted octanol–water partition coefficient (Wildman–Crippen LogP) is 6.08. The molecule has 0 heterocycles. The molecule has 178 valence electrons. The summed E-state index contributed by atoms with van der Waals surface area (Å²) in [7, 11) is -2.33. The van der Waals surface area contributed by atoms with Crippen LogP contribution in [0.15, 0.2) is 72.8 Å². The molecule has 0 radical (unpaired) electrons. The summed E-state index contributed by atoms with van der Waals surface area (Å²) in [5.74, 6) is -0.412. The third-order valence-electron chi connectivity index (χ3n) is 5.30. The van der Waals surface area contributed by atoms with Crippen LogP contribution in [-0.2, 0) is 0 Å². The number of ketones is 1. The molecule has 0 spiro atoms. The number of rotatable bonds is 8. The first-order valence-electron chi connectivity index (χ1n) is 10.4. The highest BCUT2D eigenvalue weighted by Gasteiger charge is 2.30. The summed E-state index contributed by atoms with van der Waals surface area (Å²) in [5, 5.41) is 34.0. The molecule has 0 fully saturated rings. The van der Waals surface area contributed by atoms with E-state index in [4.69, 9.17) is 0 Å². The Bertz CT molecular complexity index is 1340. The molecule has 0 atom stereocenters. The second-order valence-corrected chi connectivity index (χ2v) is 13.7. The van der Waals surface area contributed by atoms with Crippen molar-refractivity contribution in [2.45, 2.75) is 19.6 Å². The molecule has 0 aliphatic carbocycles. The van der Waals surface area contributed by atoms with E-state index in [2.05, 4.69) is 0 Å². The van der Waals surface area contributed by atoms with Gasteiger partial charge in [-0.2, -0.15) is 0 Å². The highest BCUT2D eigenvalue weighted by atomic mass is 28.3. The van der Waals surface area contributed by atoms with Gasteiger partial charge >= 0.3 is 0 Å². The molecular weight excluding hydrogens is 470 g/mol. The average molecular weight is 492 g/mol. The van der Waals surface area contributed by atoms with Crippen LogP contribution in [-0.4, -0.2) is 28.6 Å². The molecule has 3 rings (SSSR count). The molecule has 11 heteroatoms. The maximum absolute atomic E-state index is 13.8. The number of carbonyl (C=O) groups is 1. The van der Waals surface area contributed by atoms with Gasteiger partial charge in [0.25, 0.3) is 17.1 Å². The third kappa shape index (κ3) is 5.53. The number of allylic oxidation sites excluding steroid dienone is 1. The fraction of sp³-hybridized carbons (Fsp3) is 0.125. The lowest BCUT2D eigenvalue weighted by molar-refractivity contribution is -0.385. The minimum absolute atomic E-state index is 0.0951. The van der Waals surface area contributed by atoms with Crippen LogP contribution in [0.5, 0.6) is 0 Å². The van der Waals surface area contributed by atoms with Gasteiger partial charge in [0.2, 0.25) is 0 Å². The Morgan fingerprint density at radius 3 is 1.20 bits per heavy atom. The largest absolute Gasteiger partial charge is 0.289 e. The van der Waals surface area contributed by atoms with Gasteiger partial charge in [0, 0.05) is 47.5 Å². The second-order valence-electron chi connectivity index (χ2n) is 8.74. The summed E-state index contributed by atoms with van der Waals surface area (Å²) in [6, 6.07) is 16.7. The van der Waals surface area contributed by atoms with Gasteiger partial charge in [0.05, 0.1) is 22.8 Å². The average Bonchev–Trinajstić information content (AvgIpc) is 2.81. The molecule has 3 aromatic carbocycles. The van der Waals surface area contributed by atoms with E-state index in [-0.39, 0.29) is 22.6 Å². The lowest BCUT2D eigenvalue weighted by Crippen LogP contribution is -2.26. The zero-order valence-corrected chi connectivity index (χ0v) is 20.1. The van der Waals surface area contributed by atoms with Crippen molar-refractivity contribution in [1.82, 2.24) is 0 Å². The lowest BCUT2D eigenvalue weighted by Gasteiger charge is -2.26. The van der Waals surface area contributed by atoms with Crippen molar-refractivity contribution in [3.63, 3.8) is 0 Å². The smallest absolute Gasteiger partial charge is 0.269 e. The summed E-state index contributed by atoms with van der Waals surface area (Å²) in [5.41, 5.74) is 1.17. The van der Waals surface area contributed by atoms with Crippen LogP contribution in [0.1, 0.15) is 21.5 Å². The Hall–Kier alpha value is -4.51. The van der Waals surface area contributed by atoms with Crippen molar-refractivity contribution in [2.24, 2.45) is 0 Å². The quantitative estimate of drug-likeness (QED) is 0.0925. The van der Waals surface area contributed by atoms with Gasteiger partial charge in [-0.15, -0.1) is 0 Å². The first kappa shape index (κ1) is 25.1. The monoisotopic (exact) mass is 491 g/mol. The SMILES string of the molecule is C[Si](C)(C)/C(=C(/C(=O)c1ccc([N+](=O)[O-])cc1)c1ccc([N+](=O)[O-])cc1)c1ccc([N+](=O)[O-])cc1. The highest BCUT2D eigenvalue weighted by molar-refractivity contribution is 6.96. The van der Waals surface area contributed by atoms with E-state index in [0.717, 1.165) is 0 Å². The number of nitro benzene ring substituents is 3. The number of hydrogen-bond donors (Lipinski definition) is 0. The van der Waals surface area contributed by atoms with Crippen LogP contribution in [0.4, 0.5) is 17.1 Å². The van der Waals surface area contributed by atoms with Crippen LogP contribution < -0.4 is 0 Å². The van der Waals surface area contributed by atoms with E-state index in [9.17, 15) is 35.1 Å². The number of hydrogen-bond acceptors (Lipinski definition) is 7. The van der Waals surface area contributed by atoms with Crippen molar-refractivity contribution in [3.8, 4) is 0 Å². The Kier molecular flexibility index (Phi) is 7.01. The van der Waals surface area contributed by atoms with Crippen LogP contribution in [0.25, 0.3) is 10.8 Å². The minimum Gasteiger partial charge on any atom is -0.289 e. The molecule has 0 N–H and O–H groups in total. The number of benzene rings is 3. The van der Waals surface area contributed by atoms with Crippen molar-refractivity contribution in [1.29, 1.82) is 0 Å².